The van der Waals surface area contributed by atoms with Gasteiger partial charge in [-0.1, -0.05) is 36.4 Å². The Bertz CT molecular complexity index is 1330. The lowest BCUT2D eigenvalue weighted by atomic mass is 10.1. The van der Waals surface area contributed by atoms with Gasteiger partial charge in [0.15, 0.2) is 5.82 Å². The lowest BCUT2D eigenvalue weighted by Crippen LogP contribution is -2.24. The van der Waals surface area contributed by atoms with Crippen LogP contribution in [0.25, 0.3) is 10.9 Å². The van der Waals surface area contributed by atoms with Gasteiger partial charge in [-0.05, 0) is 48.2 Å². The summed E-state index contributed by atoms with van der Waals surface area (Å²) in [4.78, 5) is 22.6. The van der Waals surface area contributed by atoms with Crippen LogP contribution in [0.1, 0.15) is 27.3 Å². The van der Waals surface area contributed by atoms with Crippen molar-refractivity contribution >= 4 is 34.4 Å². The minimum absolute atomic E-state index is 0.102. The van der Waals surface area contributed by atoms with E-state index in [1.807, 2.05) is 42.7 Å². The number of carbonyl (C=O) groups excluding carboxylic acids is 1. The van der Waals surface area contributed by atoms with Crippen LogP contribution in [0.2, 0.25) is 0 Å². The average Bonchev–Trinajstić information content (AvgIpc) is 2.85. The molecule has 0 saturated carbocycles. The highest BCUT2D eigenvalue weighted by molar-refractivity contribution is 7.98. The SMILES string of the molecule is CSc1ccccc1C(=O)NCc1nc(NCc2cccc(C(F)(F)F)c2)c2ccccc2n1. The first-order valence-electron chi connectivity index (χ1n) is 10.4. The molecular weight excluding hydrogens is 461 g/mol. The lowest BCUT2D eigenvalue weighted by molar-refractivity contribution is -0.137. The van der Waals surface area contributed by atoms with E-state index in [1.54, 1.807) is 18.2 Å². The highest BCUT2D eigenvalue weighted by atomic mass is 32.2. The van der Waals surface area contributed by atoms with Crippen molar-refractivity contribution in [1.29, 1.82) is 0 Å². The summed E-state index contributed by atoms with van der Waals surface area (Å²) in [6.45, 7) is 0.252. The van der Waals surface area contributed by atoms with E-state index < -0.39 is 11.7 Å². The van der Waals surface area contributed by atoms with E-state index in [2.05, 4.69) is 20.6 Å². The topological polar surface area (TPSA) is 66.9 Å². The number of hydrogen-bond acceptors (Lipinski definition) is 5. The molecule has 0 radical (unpaired) electrons. The summed E-state index contributed by atoms with van der Waals surface area (Å²) in [5.74, 6) is 0.636. The standard InChI is InChI=1S/C25H21F3N4OS/c1-34-21-12-5-3-10-19(21)24(33)30-15-22-31-20-11-4-2-9-18(20)23(32-22)29-14-16-7-6-8-17(13-16)25(26,27)28/h2-13H,14-15H2,1H3,(H,30,33)(H,29,31,32). The Balaban J connectivity index is 1.54. The number of amides is 1. The number of halogens is 3. The maximum Gasteiger partial charge on any atom is 0.416 e. The van der Waals surface area contributed by atoms with Crippen LogP contribution >= 0.6 is 11.8 Å². The van der Waals surface area contributed by atoms with Crippen LogP contribution in [0, 0.1) is 0 Å². The van der Waals surface area contributed by atoms with Crippen LogP contribution in [0.4, 0.5) is 19.0 Å². The molecule has 1 aromatic heterocycles. The number of aromatic nitrogens is 2. The van der Waals surface area contributed by atoms with Crippen LogP contribution < -0.4 is 10.6 Å². The predicted octanol–water partition coefficient (Wildman–Crippen LogP) is 5.91. The minimum atomic E-state index is -4.40. The van der Waals surface area contributed by atoms with Crippen molar-refractivity contribution in [3.63, 3.8) is 0 Å². The maximum atomic E-state index is 13.0. The largest absolute Gasteiger partial charge is 0.416 e. The number of carbonyl (C=O) groups is 1. The van der Waals surface area contributed by atoms with Crippen molar-refractivity contribution in [2.45, 2.75) is 24.2 Å². The van der Waals surface area contributed by atoms with E-state index in [1.165, 1.54) is 17.8 Å². The molecule has 2 N–H and O–H groups in total. The van der Waals surface area contributed by atoms with Gasteiger partial charge in [0, 0.05) is 16.8 Å². The Morgan fingerprint density at radius 2 is 1.71 bits per heavy atom. The third-order valence-electron chi connectivity index (χ3n) is 5.12. The number of thioether (sulfide) groups is 1. The molecule has 4 rings (SSSR count). The number of alkyl halides is 3. The molecule has 5 nitrogen and oxygen atoms in total. The molecule has 1 heterocycles. The third kappa shape index (κ3) is 5.48. The van der Waals surface area contributed by atoms with Crippen LogP contribution in [-0.4, -0.2) is 22.1 Å². The third-order valence-corrected chi connectivity index (χ3v) is 5.92. The second kappa shape index (κ2) is 10.1. The molecular formula is C25H21F3N4OS. The van der Waals surface area contributed by atoms with E-state index >= 15 is 0 Å². The second-order valence-electron chi connectivity index (χ2n) is 7.44. The van der Waals surface area contributed by atoms with Crippen molar-refractivity contribution in [3.05, 3.63) is 95.3 Å². The molecule has 0 fully saturated rings. The normalized spacial score (nSPS) is 11.4. The van der Waals surface area contributed by atoms with Gasteiger partial charge in [0.25, 0.3) is 5.91 Å². The van der Waals surface area contributed by atoms with E-state index in [4.69, 9.17) is 0 Å². The van der Waals surface area contributed by atoms with Gasteiger partial charge < -0.3 is 10.6 Å². The number of para-hydroxylation sites is 1. The molecule has 0 aliphatic carbocycles. The van der Waals surface area contributed by atoms with Gasteiger partial charge >= 0.3 is 6.18 Å². The molecule has 1 amide bonds. The van der Waals surface area contributed by atoms with Crippen molar-refractivity contribution in [2.75, 3.05) is 11.6 Å². The van der Waals surface area contributed by atoms with Gasteiger partial charge in [-0.3, -0.25) is 4.79 Å². The minimum Gasteiger partial charge on any atom is -0.365 e. The van der Waals surface area contributed by atoms with E-state index in [0.717, 1.165) is 22.4 Å². The molecule has 0 aliphatic rings. The van der Waals surface area contributed by atoms with Gasteiger partial charge in [0.05, 0.1) is 23.2 Å². The van der Waals surface area contributed by atoms with Crippen LogP contribution in [0.15, 0.2) is 77.7 Å². The van der Waals surface area contributed by atoms with Gasteiger partial charge in [0.1, 0.15) is 5.82 Å². The number of hydrogen-bond donors (Lipinski definition) is 2. The second-order valence-corrected chi connectivity index (χ2v) is 8.29. The molecule has 0 bridgehead atoms. The first-order chi connectivity index (χ1) is 16.3. The van der Waals surface area contributed by atoms with Crippen molar-refractivity contribution in [3.8, 4) is 0 Å². The van der Waals surface area contributed by atoms with E-state index in [0.29, 0.717) is 28.3 Å². The first-order valence-corrected chi connectivity index (χ1v) is 11.6. The number of fused-ring (bicyclic) bond motifs is 1. The number of benzene rings is 3. The average molecular weight is 483 g/mol. The van der Waals surface area contributed by atoms with Crippen molar-refractivity contribution in [1.82, 2.24) is 15.3 Å². The summed E-state index contributed by atoms with van der Waals surface area (Å²) in [7, 11) is 0. The molecule has 0 aliphatic heterocycles. The lowest BCUT2D eigenvalue weighted by Gasteiger charge is -2.13. The van der Waals surface area contributed by atoms with E-state index in [-0.39, 0.29) is 19.0 Å². The summed E-state index contributed by atoms with van der Waals surface area (Å²) < 4.78 is 39.1. The Morgan fingerprint density at radius 3 is 2.50 bits per heavy atom. The Morgan fingerprint density at radius 1 is 0.941 bits per heavy atom. The maximum absolute atomic E-state index is 13.0. The van der Waals surface area contributed by atoms with E-state index in [9.17, 15) is 18.0 Å². The number of rotatable bonds is 7. The molecule has 34 heavy (non-hydrogen) atoms. The zero-order chi connectivity index (χ0) is 24.1. The Hall–Kier alpha value is -3.59. The fourth-order valence-corrected chi connectivity index (χ4v) is 4.06. The highest BCUT2D eigenvalue weighted by Crippen LogP contribution is 2.30. The van der Waals surface area contributed by atoms with Gasteiger partial charge in [-0.25, -0.2) is 9.97 Å². The Kier molecular flexibility index (Phi) is 7.02. The summed E-state index contributed by atoms with van der Waals surface area (Å²) in [6.07, 6.45) is -2.50. The quantitative estimate of drug-likeness (QED) is 0.321. The monoisotopic (exact) mass is 482 g/mol. The number of anilines is 1. The van der Waals surface area contributed by atoms with Crippen LogP contribution in [-0.2, 0) is 19.3 Å². The Labute approximate surface area is 198 Å². The molecule has 174 valence electrons. The molecule has 4 aromatic rings. The predicted molar refractivity (Wildman–Crippen MR) is 128 cm³/mol. The zero-order valence-corrected chi connectivity index (χ0v) is 19.0. The summed E-state index contributed by atoms with van der Waals surface area (Å²) in [6, 6.07) is 19.8. The number of nitrogens with zero attached hydrogens (tertiary/aromatic N) is 2. The molecule has 0 unspecified atom stereocenters. The van der Waals surface area contributed by atoms with Crippen LogP contribution in [0.5, 0.6) is 0 Å². The number of nitrogens with one attached hydrogen (secondary N) is 2. The van der Waals surface area contributed by atoms with Crippen LogP contribution in [0.3, 0.4) is 0 Å². The zero-order valence-electron chi connectivity index (χ0n) is 18.2. The molecule has 0 saturated heterocycles. The van der Waals surface area contributed by atoms with Crippen molar-refractivity contribution < 1.29 is 18.0 Å². The summed E-state index contributed by atoms with van der Waals surface area (Å²) in [5.41, 5.74) is 1.01. The summed E-state index contributed by atoms with van der Waals surface area (Å²) >= 11 is 1.48. The fraction of sp³-hybridized carbons (Fsp3) is 0.160. The molecule has 0 spiro atoms. The molecule has 0 atom stereocenters. The highest BCUT2D eigenvalue weighted by Gasteiger charge is 2.30. The fourth-order valence-electron chi connectivity index (χ4n) is 3.47. The summed E-state index contributed by atoms with van der Waals surface area (Å²) in [5, 5.41) is 6.71. The molecule has 9 heteroatoms. The van der Waals surface area contributed by atoms with Crippen molar-refractivity contribution in [2.24, 2.45) is 0 Å². The first kappa shape index (κ1) is 23.6. The smallest absolute Gasteiger partial charge is 0.365 e. The van der Waals surface area contributed by atoms with Gasteiger partial charge in [-0.2, -0.15) is 13.2 Å². The molecule has 3 aromatic carbocycles. The van der Waals surface area contributed by atoms with Gasteiger partial charge in [0.2, 0.25) is 0 Å². The van der Waals surface area contributed by atoms with Gasteiger partial charge in [-0.15, -0.1) is 11.8 Å².